The summed E-state index contributed by atoms with van der Waals surface area (Å²) in [7, 11) is 0. The van der Waals surface area contributed by atoms with Gasteiger partial charge in [0.15, 0.2) is 11.0 Å². The summed E-state index contributed by atoms with van der Waals surface area (Å²) in [4.78, 5) is 12.4. The third-order valence-electron chi connectivity index (χ3n) is 4.46. The Morgan fingerprint density at radius 1 is 0.970 bits per heavy atom. The third kappa shape index (κ3) is 5.53. The Morgan fingerprint density at radius 2 is 1.67 bits per heavy atom. The van der Waals surface area contributed by atoms with Gasteiger partial charge in [0.2, 0.25) is 5.91 Å². The highest BCUT2D eigenvalue weighted by atomic mass is 32.2. The molecule has 1 N–H and O–H groups in total. The molecule has 6 nitrogen and oxygen atoms in total. The van der Waals surface area contributed by atoms with Crippen molar-refractivity contribution in [3.8, 4) is 22.8 Å². The Labute approximate surface area is 191 Å². The Bertz CT molecular complexity index is 1230. The monoisotopic (exact) mass is 470 g/mol. The van der Waals surface area contributed by atoms with E-state index >= 15 is 0 Å². The molecule has 0 fully saturated rings. The number of halogens is 3. The molecule has 0 saturated carbocycles. The fraction of sp³-hybridized carbons (Fsp3) is 0.0870. The number of nitrogens with one attached hydrogen (secondary N) is 1. The average molecular weight is 470 g/mol. The second-order valence-corrected chi connectivity index (χ2v) is 7.64. The van der Waals surface area contributed by atoms with E-state index in [0.717, 1.165) is 17.4 Å². The number of aromatic nitrogens is 3. The van der Waals surface area contributed by atoms with Crippen molar-refractivity contribution in [1.29, 1.82) is 0 Å². The van der Waals surface area contributed by atoms with Gasteiger partial charge in [-0.25, -0.2) is 4.39 Å². The lowest BCUT2D eigenvalue weighted by Crippen LogP contribution is -2.14. The molecular formula is C23H17F3N4O2S. The number of benzene rings is 3. The van der Waals surface area contributed by atoms with Gasteiger partial charge in [0.1, 0.15) is 11.6 Å². The number of para-hydroxylation sites is 1. The molecule has 4 aromatic rings. The summed E-state index contributed by atoms with van der Waals surface area (Å²) in [6.07, 6.45) is 0. The predicted octanol–water partition coefficient (Wildman–Crippen LogP) is 5.41. The molecule has 4 rings (SSSR count). The van der Waals surface area contributed by atoms with Gasteiger partial charge in [-0.2, -0.15) is 8.78 Å². The molecule has 0 unspecified atom stereocenters. The standard InChI is InChI=1S/C23H17F3N4O2S/c24-19-9-5-4-8-18(19)21-28-29-23(30(21)16-6-2-1-3-7-16)33-14-20(31)27-15-10-12-17(13-11-15)32-22(25)26/h1-13,22H,14H2,(H,27,31). The predicted molar refractivity (Wildman–Crippen MR) is 119 cm³/mol. The number of nitrogens with zero attached hydrogens (tertiary/aromatic N) is 3. The van der Waals surface area contributed by atoms with Gasteiger partial charge in [0.05, 0.1) is 11.3 Å². The summed E-state index contributed by atoms with van der Waals surface area (Å²) < 4.78 is 44.9. The molecular weight excluding hydrogens is 453 g/mol. The molecule has 0 aliphatic heterocycles. The number of ether oxygens (including phenoxy) is 1. The van der Waals surface area contributed by atoms with Crippen LogP contribution in [-0.2, 0) is 4.79 Å². The van der Waals surface area contributed by atoms with E-state index in [2.05, 4.69) is 20.3 Å². The van der Waals surface area contributed by atoms with Crippen LogP contribution in [0, 0.1) is 5.82 Å². The lowest BCUT2D eigenvalue weighted by molar-refractivity contribution is -0.113. The molecule has 0 aliphatic carbocycles. The second-order valence-electron chi connectivity index (χ2n) is 6.70. The van der Waals surface area contributed by atoms with Crippen molar-refractivity contribution in [1.82, 2.24) is 14.8 Å². The number of alkyl halides is 2. The van der Waals surface area contributed by atoms with E-state index in [4.69, 9.17) is 0 Å². The van der Waals surface area contributed by atoms with Crippen molar-refractivity contribution in [3.63, 3.8) is 0 Å². The van der Waals surface area contributed by atoms with E-state index in [0.29, 0.717) is 16.7 Å². The van der Waals surface area contributed by atoms with Gasteiger partial charge in [-0.1, -0.05) is 42.1 Å². The maximum atomic E-state index is 14.4. The molecule has 1 amide bonds. The van der Waals surface area contributed by atoms with E-state index in [9.17, 15) is 18.0 Å². The molecule has 0 saturated heterocycles. The minimum atomic E-state index is -2.92. The van der Waals surface area contributed by atoms with Crippen LogP contribution in [0.4, 0.5) is 18.9 Å². The lowest BCUT2D eigenvalue weighted by Gasteiger charge is -2.11. The van der Waals surface area contributed by atoms with E-state index in [1.54, 1.807) is 22.8 Å². The normalized spacial score (nSPS) is 10.9. The van der Waals surface area contributed by atoms with E-state index in [1.807, 2.05) is 30.3 Å². The fourth-order valence-electron chi connectivity index (χ4n) is 3.04. The van der Waals surface area contributed by atoms with Crippen LogP contribution in [0.2, 0.25) is 0 Å². The van der Waals surface area contributed by atoms with Crippen molar-refractivity contribution < 1.29 is 22.7 Å². The van der Waals surface area contributed by atoms with Gasteiger partial charge in [-0.05, 0) is 48.5 Å². The number of hydrogen-bond donors (Lipinski definition) is 1. The van der Waals surface area contributed by atoms with E-state index in [-0.39, 0.29) is 23.0 Å². The number of thioether (sulfide) groups is 1. The summed E-state index contributed by atoms with van der Waals surface area (Å²) in [5.74, 6) is -0.462. The zero-order valence-corrected chi connectivity index (χ0v) is 17.8. The third-order valence-corrected chi connectivity index (χ3v) is 5.39. The highest BCUT2D eigenvalue weighted by Crippen LogP contribution is 2.29. The number of hydrogen-bond acceptors (Lipinski definition) is 5. The minimum Gasteiger partial charge on any atom is -0.435 e. The molecule has 1 aromatic heterocycles. The van der Waals surface area contributed by atoms with Crippen LogP contribution < -0.4 is 10.1 Å². The highest BCUT2D eigenvalue weighted by molar-refractivity contribution is 7.99. The second kappa shape index (κ2) is 10.2. The van der Waals surface area contributed by atoms with Gasteiger partial charge in [0.25, 0.3) is 0 Å². The molecule has 33 heavy (non-hydrogen) atoms. The van der Waals surface area contributed by atoms with Crippen molar-refractivity contribution in [2.75, 3.05) is 11.1 Å². The van der Waals surface area contributed by atoms with Crippen molar-refractivity contribution in [2.45, 2.75) is 11.8 Å². The number of carbonyl (C=O) groups excluding carboxylic acids is 1. The number of amides is 1. The van der Waals surface area contributed by atoms with Gasteiger partial charge in [-0.15, -0.1) is 10.2 Å². The van der Waals surface area contributed by atoms with Gasteiger partial charge < -0.3 is 10.1 Å². The van der Waals surface area contributed by atoms with Crippen molar-refractivity contribution in [2.24, 2.45) is 0 Å². The minimum absolute atomic E-state index is 0.00246. The maximum absolute atomic E-state index is 14.4. The quantitative estimate of drug-likeness (QED) is 0.349. The molecule has 0 atom stereocenters. The first-order valence-corrected chi connectivity index (χ1v) is 10.7. The molecule has 0 spiro atoms. The molecule has 168 valence electrons. The largest absolute Gasteiger partial charge is 0.435 e. The van der Waals surface area contributed by atoms with Crippen LogP contribution in [0.5, 0.6) is 5.75 Å². The average Bonchev–Trinajstić information content (AvgIpc) is 3.23. The number of rotatable bonds is 8. The highest BCUT2D eigenvalue weighted by Gasteiger charge is 2.19. The summed E-state index contributed by atoms with van der Waals surface area (Å²) in [5.41, 5.74) is 1.44. The van der Waals surface area contributed by atoms with Crippen LogP contribution in [0.1, 0.15) is 0 Å². The van der Waals surface area contributed by atoms with Crippen LogP contribution in [0.3, 0.4) is 0 Å². The van der Waals surface area contributed by atoms with Gasteiger partial charge in [-0.3, -0.25) is 9.36 Å². The molecule has 3 aromatic carbocycles. The molecule has 10 heteroatoms. The molecule has 0 bridgehead atoms. The zero-order chi connectivity index (χ0) is 23.2. The van der Waals surface area contributed by atoms with Gasteiger partial charge in [0, 0.05) is 11.4 Å². The first kappa shape index (κ1) is 22.4. The number of carbonyl (C=O) groups is 1. The Balaban J connectivity index is 1.51. The summed E-state index contributed by atoms with van der Waals surface area (Å²) in [6, 6.07) is 21.0. The molecule has 1 heterocycles. The number of anilines is 1. The Morgan fingerprint density at radius 3 is 2.36 bits per heavy atom. The van der Waals surface area contributed by atoms with Crippen molar-refractivity contribution in [3.05, 3.63) is 84.7 Å². The van der Waals surface area contributed by atoms with E-state index in [1.165, 1.54) is 30.3 Å². The summed E-state index contributed by atoms with van der Waals surface area (Å²) >= 11 is 1.13. The maximum Gasteiger partial charge on any atom is 0.387 e. The fourth-order valence-corrected chi connectivity index (χ4v) is 3.79. The molecule has 0 radical (unpaired) electrons. The summed E-state index contributed by atoms with van der Waals surface area (Å²) in [6.45, 7) is -2.92. The van der Waals surface area contributed by atoms with Crippen molar-refractivity contribution >= 4 is 23.4 Å². The molecule has 0 aliphatic rings. The topological polar surface area (TPSA) is 69.0 Å². The Hall–Kier alpha value is -3.79. The summed E-state index contributed by atoms with van der Waals surface area (Å²) in [5, 5.41) is 11.4. The zero-order valence-electron chi connectivity index (χ0n) is 17.0. The van der Waals surface area contributed by atoms with Gasteiger partial charge >= 0.3 is 6.61 Å². The first-order chi connectivity index (χ1) is 16.0. The SMILES string of the molecule is O=C(CSc1nnc(-c2ccccc2F)n1-c1ccccc1)Nc1ccc(OC(F)F)cc1. The van der Waals surface area contributed by atoms with Crippen LogP contribution in [0.25, 0.3) is 17.1 Å². The van der Waals surface area contributed by atoms with Crippen LogP contribution in [-0.4, -0.2) is 33.0 Å². The lowest BCUT2D eigenvalue weighted by atomic mass is 10.2. The smallest absolute Gasteiger partial charge is 0.387 e. The van der Waals surface area contributed by atoms with E-state index < -0.39 is 12.4 Å². The van der Waals surface area contributed by atoms with Crippen LogP contribution in [0.15, 0.2) is 84.0 Å². The Kier molecular flexibility index (Phi) is 6.94. The first-order valence-electron chi connectivity index (χ1n) is 9.74. The van der Waals surface area contributed by atoms with Crippen LogP contribution >= 0.6 is 11.8 Å².